The number of nitrogens with two attached hydrogens (primary N) is 1. The molecule has 0 heterocycles. The predicted octanol–water partition coefficient (Wildman–Crippen LogP) is 3.14. The molecule has 0 aliphatic rings. The van der Waals surface area contributed by atoms with Crippen LogP contribution in [0.25, 0.3) is 0 Å². The van der Waals surface area contributed by atoms with Gasteiger partial charge < -0.3 is 10.5 Å². The van der Waals surface area contributed by atoms with E-state index in [2.05, 4.69) is 26.0 Å². The standard InChI is InChI=1S/C14H23NO/c1-3-10-16-11-9-12(2)14(15)13-7-5-4-6-8-13/h4-8,12,14H,3,9-11,15H2,1-2H3. The molecule has 1 rings (SSSR count). The number of hydrogen-bond acceptors (Lipinski definition) is 2. The summed E-state index contributed by atoms with van der Waals surface area (Å²) in [4.78, 5) is 0. The van der Waals surface area contributed by atoms with Crippen LogP contribution >= 0.6 is 0 Å². The Morgan fingerprint density at radius 3 is 2.50 bits per heavy atom. The van der Waals surface area contributed by atoms with Crippen molar-refractivity contribution in [3.05, 3.63) is 35.9 Å². The van der Waals surface area contributed by atoms with E-state index in [9.17, 15) is 0 Å². The first kappa shape index (κ1) is 13.2. The molecule has 0 saturated heterocycles. The smallest absolute Gasteiger partial charge is 0.0469 e. The maximum Gasteiger partial charge on any atom is 0.0469 e. The zero-order chi connectivity index (χ0) is 11.8. The molecule has 0 aliphatic heterocycles. The quantitative estimate of drug-likeness (QED) is 0.718. The van der Waals surface area contributed by atoms with E-state index < -0.39 is 0 Å². The van der Waals surface area contributed by atoms with Gasteiger partial charge in [-0.3, -0.25) is 0 Å². The van der Waals surface area contributed by atoms with Crippen LogP contribution < -0.4 is 5.73 Å². The van der Waals surface area contributed by atoms with E-state index in [1.54, 1.807) is 0 Å². The van der Waals surface area contributed by atoms with E-state index in [1.807, 2.05) is 18.2 Å². The van der Waals surface area contributed by atoms with Crippen LogP contribution in [0.15, 0.2) is 30.3 Å². The van der Waals surface area contributed by atoms with Crippen LogP contribution in [-0.2, 0) is 4.74 Å². The molecule has 0 fully saturated rings. The maximum absolute atomic E-state index is 6.20. The summed E-state index contributed by atoms with van der Waals surface area (Å²) in [5.74, 6) is 0.458. The molecular weight excluding hydrogens is 198 g/mol. The van der Waals surface area contributed by atoms with E-state index in [0.717, 1.165) is 26.1 Å². The molecule has 0 radical (unpaired) electrons. The second kappa shape index (κ2) is 7.42. The molecule has 1 aromatic rings. The molecule has 90 valence electrons. The van der Waals surface area contributed by atoms with Gasteiger partial charge in [0, 0.05) is 19.3 Å². The van der Waals surface area contributed by atoms with Crippen molar-refractivity contribution in [2.75, 3.05) is 13.2 Å². The third-order valence-electron chi connectivity index (χ3n) is 2.86. The summed E-state index contributed by atoms with van der Waals surface area (Å²) >= 11 is 0. The Bertz CT molecular complexity index is 273. The monoisotopic (exact) mass is 221 g/mol. The molecular formula is C14H23NO. The molecule has 2 unspecified atom stereocenters. The highest BCUT2D eigenvalue weighted by atomic mass is 16.5. The average molecular weight is 221 g/mol. The van der Waals surface area contributed by atoms with Gasteiger partial charge in [-0.2, -0.15) is 0 Å². The minimum Gasteiger partial charge on any atom is -0.381 e. The number of ether oxygens (including phenoxy) is 1. The Morgan fingerprint density at radius 1 is 1.19 bits per heavy atom. The second-order valence-electron chi connectivity index (χ2n) is 4.31. The average Bonchev–Trinajstić information content (AvgIpc) is 2.34. The van der Waals surface area contributed by atoms with Gasteiger partial charge in [-0.05, 0) is 24.3 Å². The van der Waals surface area contributed by atoms with Gasteiger partial charge in [0.25, 0.3) is 0 Å². The van der Waals surface area contributed by atoms with E-state index in [4.69, 9.17) is 10.5 Å². The van der Waals surface area contributed by atoms with E-state index in [-0.39, 0.29) is 6.04 Å². The van der Waals surface area contributed by atoms with Crippen molar-refractivity contribution in [1.82, 2.24) is 0 Å². The topological polar surface area (TPSA) is 35.2 Å². The minimum absolute atomic E-state index is 0.117. The zero-order valence-corrected chi connectivity index (χ0v) is 10.4. The van der Waals surface area contributed by atoms with Crippen LogP contribution in [0, 0.1) is 5.92 Å². The molecule has 0 bridgehead atoms. The van der Waals surface area contributed by atoms with Gasteiger partial charge >= 0.3 is 0 Å². The van der Waals surface area contributed by atoms with E-state index in [1.165, 1.54) is 5.56 Å². The summed E-state index contributed by atoms with van der Waals surface area (Å²) in [7, 11) is 0. The number of rotatable bonds is 7. The summed E-state index contributed by atoms with van der Waals surface area (Å²) in [6, 6.07) is 10.4. The van der Waals surface area contributed by atoms with Crippen molar-refractivity contribution in [3.8, 4) is 0 Å². The van der Waals surface area contributed by atoms with Gasteiger partial charge in [-0.15, -0.1) is 0 Å². The molecule has 2 nitrogen and oxygen atoms in total. The van der Waals surface area contributed by atoms with Gasteiger partial charge in [-0.1, -0.05) is 44.2 Å². The van der Waals surface area contributed by atoms with Gasteiger partial charge in [-0.25, -0.2) is 0 Å². The number of benzene rings is 1. The van der Waals surface area contributed by atoms with Gasteiger partial charge in [0.2, 0.25) is 0 Å². The van der Waals surface area contributed by atoms with Crippen molar-refractivity contribution < 1.29 is 4.74 Å². The Hall–Kier alpha value is -0.860. The van der Waals surface area contributed by atoms with Crippen LogP contribution in [0.1, 0.15) is 38.3 Å². The van der Waals surface area contributed by atoms with Crippen molar-refractivity contribution in [3.63, 3.8) is 0 Å². The fraction of sp³-hybridized carbons (Fsp3) is 0.571. The fourth-order valence-corrected chi connectivity index (χ4v) is 1.70. The Kier molecular flexibility index (Phi) is 6.12. The Balaban J connectivity index is 2.33. The highest BCUT2D eigenvalue weighted by molar-refractivity contribution is 5.18. The zero-order valence-electron chi connectivity index (χ0n) is 10.4. The molecule has 0 aromatic heterocycles. The fourth-order valence-electron chi connectivity index (χ4n) is 1.70. The molecule has 0 aliphatic carbocycles. The molecule has 16 heavy (non-hydrogen) atoms. The molecule has 2 N–H and O–H groups in total. The summed E-state index contributed by atoms with van der Waals surface area (Å²) in [5.41, 5.74) is 7.41. The second-order valence-corrected chi connectivity index (χ2v) is 4.31. The SMILES string of the molecule is CCCOCCC(C)C(N)c1ccccc1. The number of hydrogen-bond donors (Lipinski definition) is 1. The van der Waals surface area contributed by atoms with Gasteiger partial charge in [0.1, 0.15) is 0 Å². The third kappa shape index (κ3) is 4.33. The predicted molar refractivity (Wildman–Crippen MR) is 68.3 cm³/mol. The minimum atomic E-state index is 0.117. The van der Waals surface area contributed by atoms with E-state index in [0.29, 0.717) is 5.92 Å². The summed E-state index contributed by atoms with van der Waals surface area (Å²) < 4.78 is 5.48. The van der Waals surface area contributed by atoms with Crippen molar-refractivity contribution >= 4 is 0 Å². The highest BCUT2D eigenvalue weighted by Gasteiger charge is 2.13. The highest BCUT2D eigenvalue weighted by Crippen LogP contribution is 2.21. The largest absolute Gasteiger partial charge is 0.381 e. The van der Waals surface area contributed by atoms with Gasteiger partial charge in [0.05, 0.1) is 0 Å². The Labute approximate surface area is 98.8 Å². The van der Waals surface area contributed by atoms with Gasteiger partial charge in [0.15, 0.2) is 0 Å². The van der Waals surface area contributed by atoms with Crippen molar-refractivity contribution in [1.29, 1.82) is 0 Å². The van der Waals surface area contributed by atoms with Crippen molar-refractivity contribution in [2.45, 2.75) is 32.7 Å². The summed E-state index contributed by atoms with van der Waals surface area (Å²) in [6.45, 7) is 5.98. The lowest BCUT2D eigenvalue weighted by Gasteiger charge is -2.20. The third-order valence-corrected chi connectivity index (χ3v) is 2.86. The molecule has 0 spiro atoms. The van der Waals surface area contributed by atoms with Crippen LogP contribution in [0.3, 0.4) is 0 Å². The first-order chi connectivity index (χ1) is 7.75. The first-order valence-electron chi connectivity index (χ1n) is 6.14. The van der Waals surface area contributed by atoms with Crippen LogP contribution in [-0.4, -0.2) is 13.2 Å². The molecule has 0 amide bonds. The maximum atomic E-state index is 6.20. The molecule has 0 saturated carbocycles. The van der Waals surface area contributed by atoms with Crippen LogP contribution in [0.5, 0.6) is 0 Å². The van der Waals surface area contributed by atoms with Crippen LogP contribution in [0.2, 0.25) is 0 Å². The summed E-state index contributed by atoms with van der Waals surface area (Å²) in [6.07, 6.45) is 2.11. The van der Waals surface area contributed by atoms with Crippen LogP contribution in [0.4, 0.5) is 0 Å². The normalized spacial score (nSPS) is 14.7. The van der Waals surface area contributed by atoms with E-state index >= 15 is 0 Å². The Morgan fingerprint density at radius 2 is 1.88 bits per heavy atom. The lowest BCUT2D eigenvalue weighted by Crippen LogP contribution is -2.20. The molecule has 2 atom stereocenters. The molecule has 2 heteroatoms. The molecule has 1 aromatic carbocycles. The lowest BCUT2D eigenvalue weighted by molar-refractivity contribution is 0.119. The summed E-state index contributed by atoms with van der Waals surface area (Å²) in [5, 5.41) is 0. The lowest BCUT2D eigenvalue weighted by atomic mass is 9.93. The van der Waals surface area contributed by atoms with Crippen molar-refractivity contribution in [2.24, 2.45) is 11.7 Å². The first-order valence-corrected chi connectivity index (χ1v) is 6.14.